The lowest BCUT2D eigenvalue weighted by molar-refractivity contribution is -0.129. The maximum atomic E-state index is 12.3. The van der Waals surface area contributed by atoms with Crippen LogP contribution < -0.4 is 5.32 Å². The van der Waals surface area contributed by atoms with Gasteiger partial charge in [0.2, 0.25) is 11.8 Å². The summed E-state index contributed by atoms with van der Waals surface area (Å²) in [6, 6.07) is 0.158. The van der Waals surface area contributed by atoms with Gasteiger partial charge in [-0.05, 0) is 46.6 Å². The fraction of sp³-hybridized carbons (Fsp3) is 0.706. The number of aromatic nitrogens is 2. The minimum atomic E-state index is -0.217. The maximum absolute atomic E-state index is 12.3. The highest BCUT2D eigenvalue weighted by Crippen LogP contribution is 2.20. The third-order valence-corrected chi connectivity index (χ3v) is 4.66. The van der Waals surface area contributed by atoms with Gasteiger partial charge < -0.3 is 10.2 Å². The highest BCUT2D eigenvalue weighted by Gasteiger charge is 2.35. The number of nitrogens with one attached hydrogen (secondary N) is 1. The summed E-state index contributed by atoms with van der Waals surface area (Å²) in [6.45, 7) is 12.1. The number of aryl methyl sites for hydroxylation is 2. The first kappa shape index (κ1) is 17.5. The van der Waals surface area contributed by atoms with E-state index in [-0.39, 0.29) is 23.8 Å². The van der Waals surface area contributed by atoms with Crippen LogP contribution in [0.4, 0.5) is 0 Å². The largest absolute Gasteiger partial charge is 0.355 e. The second kappa shape index (κ2) is 7.15. The molecule has 6 nitrogen and oxygen atoms in total. The van der Waals surface area contributed by atoms with Crippen molar-refractivity contribution in [3.63, 3.8) is 0 Å². The first-order valence-corrected chi connectivity index (χ1v) is 8.45. The van der Waals surface area contributed by atoms with Crippen LogP contribution in [0.1, 0.15) is 44.1 Å². The Balaban J connectivity index is 1.86. The number of carbonyl (C=O) groups is 2. The number of rotatable bonds is 6. The van der Waals surface area contributed by atoms with Gasteiger partial charge in [-0.3, -0.25) is 14.3 Å². The van der Waals surface area contributed by atoms with Crippen LogP contribution in [0.3, 0.4) is 0 Å². The summed E-state index contributed by atoms with van der Waals surface area (Å²) in [4.78, 5) is 25.9. The Morgan fingerprint density at radius 3 is 2.61 bits per heavy atom. The van der Waals surface area contributed by atoms with Gasteiger partial charge in [0.05, 0.1) is 11.6 Å². The number of nitrogens with zero attached hydrogens (tertiary/aromatic N) is 3. The molecular formula is C17H28N4O2. The molecule has 6 heteroatoms. The molecular weight excluding hydrogens is 292 g/mol. The Morgan fingerprint density at radius 2 is 2.09 bits per heavy atom. The van der Waals surface area contributed by atoms with Crippen molar-refractivity contribution in [1.29, 1.82) is 0 Å². The summed E-state index contributed by atoms with van der Waals surface area (Å²) in [7, 11) is 0. The van der Waals surface area contributed by atoms with Gasteiger partial charge in [0.15, 0.2) is 0 Å². The zero-order valence-electron chi connectivity index (χ0n) is 14.8. The van der Waals surface area contributed by atoms with Crippen LogP contribution in [0.15, 0.2) is 0 Å². The summed E-state index contributed by atoms with van der Waals surface area (Å²) >= 11 is 0. The van der Waals surface area contributed by atoms with Gasteiger partial charge in [-0.1, -0.05) is 0 Å². The lowest BCUT2D eigenvalue weighted by Gasteiger charge is -2.20. The predicted molar refractivity (Wildman–Crippen MR) is 89.0 cm³/mol. The molecule has 0 aromatic carbocycles. The van der Waals surface area contributed by atoms with E-state index in [1.54, 1.807) is 4.90 Å². The van der Waals surface area contributed by atoms with Gasteiger partial charge in [0, 0.05) is 37.8 Å². The first-order chi connectivity index (χ1) is 10.8. The van der Waals surface area contributed by atoms with E-state index < -0.39 is 0 Å². The Hall–Kier alpha value is -1.85. The van der Waals surface area contributed by atoms with Crippen molar-refractivity contribution < 1.29 is 9.59 Å². The Bertz CT molecular complexity index is 592. The zero-order valence-corrected chi connectivity index (χ0v) is 14.8. The van der Waals surface area contributed by atoms with E-state index in [0.717, 1.165) is 18.7 Å². The van der Waals surface area contributed by atoms with Crippen LogP contribution in [0.25, 0.3) is 0 Å². The molecule has 1 fully saturated rings. The average molecular weight is 320 g/mol. The Labute approximate surface area is 138 Å². The van der Waals surface area contributed by atoms with Gasteiger partial charge in [-0.2, -0.15) is 5.10 Å². The van der Waals surface area contributed by atoms with Gasteiger partial charge in [-0.25, -0.2) is 0 Å². The fourth-order valence-corrected chi connectivity index (χ4v) is 3.26. The van der Waals surface area contributed by atoms with Gasteiger partial charge in [0.25, 0.3) is 0 Å². The molecule has 1 aliphatic heterocycles. The molecule has 0 spiro atoms. The third-order valence-electron chi connectivity index (χ3n) is 4.66. The van der Waals surface area contributed by atoms with E-state index >= 15 is 0 Å². The molecule has 1 N–H and O–H groups in total. The minimum Gasteiger partial charge on any atom is -0.355 e. The van der Waals surface area contributed by atoms with E-state index in [2.05, 4.69) is 24.3 Å². The monoisotopic (exact) mass is 320 g/mol. The van der Waals surface area contributed by atoms with Crippen LogP contribution in [0.5, 0.6) is 0 Å². The molecule has 0 radical (unpaired) electrons. The number of hydrogen-bond acceptors (Lipinski definition) is 3. The number of amides is 2. The second-order valence-corrected chi connectivity index (χ2v) is 6.55. The number of carbonyl (C=O) groups excluding carboxylic acids is 2. The van der Waals surface area contributed by atoms with Gasteiger partial charge in [-0.15, -0.1) is 0 Å². The van der Waals surface area contributed by atoms with Gasteiger partial charge >= 0.3 is 0 Å². The van der Waals surface area contributed by atoms with E-state index in [4.69, 9.17) is 0 Å². The highest BCUT2D eigenvalue weighted by atomic mass is 16.2. The van der Waals surface area contributed by atoms with Crippen LogP contribution in [-0.4, -0.2) is 45.6 Å². The maximum Gasteiger partial charge on any atom is 0.225 e. The molecule has 0 aliphatic carbocycles. The summed E-state index contributed by atoms with van der Waals surface area (Å²) in [5, 5.41) is 7.48. The summed E-state index contributed by atoms with van der Waals surface area (Å²) < 4.78 is 1.99. The molecule has 0 bridgehead atoms. The van der Waals surface area contributed by atoms with Crippen molar-refractivity contribution in [3.05, 3.63) is 17.0 Å². The molecule has 1 aromatic heterocycles. The quantitative estimate of drug-likeness (QED) is 0.862. The normalized spacial score (nSPS) is 18.1. The van der Waals surface area contributed by atoms with E-state index in [0.29, 0.717) is 19.5 Å². The zero-order chi connectivity index (χ0) is 17.1. The predicted octanol–water partition coefficient (Wildman–Crippen LogP) is 1.44. The molecule has 0 saturated carbocycles. The third kappa shape index (κ3) is 3.74. The van der Waals surface area contributed by atoms with E-state index in [9.17, 15) is 9.59 Å². The SMILES string of the molecule is CCn1nc(C)c(CCNC(=O)[C@H]2CC(=O)N(C(C)C)C2)c1C. The number of hydrogen-bond donors (Lipinski definition) is 1. The Morgan fingerprint density at radius 1 is 1.39 bits per heavy atom. The molecule has 2 rings (SSSR count). The molecule has 1 aliphatic rings. The smallest absolute Gasteiger partial charge is 0.225 e. The van der Waals surface area contributed by atoms with E-state index in [1.807, 2.05) is 25.5 Å². The summed E-state index contributed by atoms with van der Waals surface area (Å²) in [6.07, 6.45) is 1.10. The average Bonchev–Trinajstić information content (AvgIpc) is 3.01. The molecule has 1 saturated heterocycles. The summed E-state index contributed by atoms with van der Waals surface area (Å²) in [5.41, 5.74) is 3.40. The standard InChI is InChI=1S/C17H28N4O2/c1-6-21-13(5)15(12(4)19-21)7-8-18-17(23)14-9-16(22)20(10-14)11(2)3/h11,14H,6-10H2,1-5H3,(H,18,23)/t14-/m0/s1. The van der Waals surface area contributed by atoms with Crippen molar-refractivity contribution in [2.45, 2.75) is 60.0 Å². The fourth-order valence-electron chi connectivity index (χ4n) is 3.26. The van der Waals surface area contributed by atoms with Crippen LogP contribution in [0, 0.1) is 19.8 Å². The van der Waals surface area contributed by atoms with Crippen LogP contribution >= 0.6 is 0 Å². The lowest BCUT2D eigenvalue weighted by Crippen LogP contribution is -2.36. The molecule has 2 heterocycles. The molecule has 23 heavy (non-hydrogen) atoms. The van der Waals surface area contributed by atoms with E-state index in [1.165, 1.54) is 11.3 Å². The van der Waals surface area contributed by atoms with Crippen LogP contribution in [-0.2, 0) is 22.6 Å². The molecule has 1 aromatic rings. The van der Waals surface area contributed by atoms with Crippen molar-refractivity contribution >= 4 is 11.8 Å². The van der Waals surface area contributed by atoms with Crippen molar-refractivity contribution in [1.82, 2.24) is 20.0 Å². The minimum absolute atomic E-state index is 0.0142. The summed E-state index contributed by atoms with van der Waals surface area (Å²) in [5.74, 6) is -0.152. The van der Waals surface area contributed by atoms with Gasteiger partial charge in [0.1, 0.15) is 0 Å². The topological polar surface area (TPSA) is 67.2 Å². The van der Waals surface area contributed by atoms with Crippen molar-refractivity contribution in [2.75, 3.05) is 13.1 Å². The molecule has 2 amide bonds. The van der Waals surface area contributed by atoms with Crippen molar-refractivity contribution in [3.8, 4) is 0 Å². The second-order valence-electron chi connectivity index (χ2n) is 6.55. The molecule has 1 atom stereocenters. The lowest BCUT2D eigenvalue weighted by atomic mass is 10.1. The molecule has 128 valence electrons. The number of likely N-dealkylation sites (tertiary alicyclic amines) is 1. The van der Waals surface area contributed by atoms with Crippen molar-refractivity contribution in [2.24, 2.45) is 5.92 Å². The van der Waals surface area contributed by atoms with Crippen LogP contribution in [0.2, 0.25) is 0 Å². The first-order valence-electron chi connectivity index (χ1n) is 8.45. The molecule has 0 unspecified atom stereocenters. The Kier molecular flexibility index (Phi) is 5.44. The highest BCUT2D eigenvalue weighted by molar-refractivity contribution is 5.89.